The number of hydrogen-bond acceptors (Lipinski definition) is 4. The van der Waals surface area contributed by atoms with Crippen molar-refractivity contribution in [1.29, 1.82) is 0 Å². The van der Waals surface area contributed by atoms with Crippen LogP contribution in [0.25, 0.3) is 0 Å². The van der Waals surface area contributed by atoms with Gasteiger partial charge < -0.3 is 10.1 Å². The molecule has 122 valence electrons. The summed E-state index contributed by atoms with van der Waals surface area (Å²) in [6, 6.07) is 1.76. The van der Waals surface area contributed by atoms with Crippen molar-refractivity contribution in [3.05, 3.63) is 0 Å². The van der Waals surface area contributed by atoms with Crippen LogP contribution in [0.1, 0.15) is 58.8 Å². The van der Waals surface area contributed by atoms with Crippen molar-refractivity contribution in [2.75, 3.05) is 20.2 Å². The van der Waals surface area contributed by atoms with E-state index in [0.717, 1.165) is 19.5 Å². The number of carbonyl (C=O) groups is 1. The molecule has 1 saturated heterocycles. The van der Waals surface area contributed by atoms with Gasteiger partial charge >= 0.3 is 5.97 Å². The molecule has 4 nitrogen and oxygen atoms in total. The highest BCUT2D eigenvalue weighted by molar-refractivity contribution is 5.69. The maximum atomic E-state index is 11.6. The molecule has 21 heavy (non-hydrogen) atoms. The van der Waals surface area contributed by atoms with Crippen molar-refractivity contribution in [2.24, 2.45) is 5.92 Å². The summed E-state index contributed by atoms with van der Waals surface area (Å²) >= 11 is 0. The summed E-state index contributed by atoms with van der Waals surface area (Å²) in [6.45, 7) is 6.64. The quantitative estimate of drug-likeness (QED) is 0.792. The maximum Gasteiger partial charge on any atom is 0.305 e. The van der Waals surface area contributed by atoms with Gasteiger partial charge in [-0.15, -0.1) is 0 Å². The van der Waals surface area contributed by atoms with Crippen LogP contribution >= 0.6 is 0 Å². The van der Waals surface area contributed by atoms with Gasteiger partial charge in [-0.1, -0.05) is 19.3 Å². The lowest BCUT2D eigenvalue weighted by Gasteiger charge is -2.41. The third-order valence-corrected chi connectivity index (χ3v) is 5.06. The van der Waals surface area contributed by atoms with E-state index in [1.54, 1.807) is 0 Å². The number of rotatable bonds is 5. The Bertz CT molecular complexity index is 327. The Morgan fingerprint density at radius 1 is 1.19 bits per heavy atom. The van der Waals surface area contributed by atoms with Crippen molar-refractivity contribution in [3.8, 4) is 0 Å². The molecule has 0 radical (unpaired) electrons. The molecule has 1 N–H and O–H groups in total. The third-order valence-electron chi connectivity index (χ3n) is 5.06. The van der Waals surface area contributed by atoms with Crippen molar-refractivity contribution < 1.29 is 9.53 Å². The van der Waals surface area contributed by atoms with Gasteiger partial charge in [-0.05, 0) is 39.0 Å². The van der Waals surface area contributed by atoms with E-state index >= 15 is 0 Å². The highest BCUT2D eigenvalue weighted by Crippen LogP contribution is 2.25. The standard InChI is InChI=1S/C17H32N2O2/c1-13(2)19-11-14(10-17(20)21-3)9-16(12-19)18-15-7-5-4-6-8-15/h13-16,18H,4-12H2,1-3H3. The van der Waals surface area contributed by atoms with Gasteiger partial charge in [0, 0.05) is 37.6 Å². The van der Waals surface area contributed by atoms with E-state index in [2.05, 4.69) is 24.1 Å². The average molecular weight is 296 g/mol. The predicted octanol–water partition coefficient (Wildman–Crippen LogP) is 2.57. The molecule has 0 amide bonds. The number of carbonyl (C=O) groups excluding carboxylic acids is 1. The minimum Gasteiger partial charge on any atom is -0.469 e. The normalized spacial score (nSPS) is 28.8. The number of nitrogens with zero attached hydrogens (tertiary/aromatic N) is 1. The number of hydrogen-bond donors (Lipinski definition) is 1. The summed E-state index contributed by atoms with van der Waals surface area (Å²) in [5.74, 6) is 0.358. The Morgan fingerprint density at radius 2 is 1.90 bits per heavy atom. The molecule has 1 aliphatic carbocycles. The first-order valence-electron chi connectivity index (χ1n) is 8.65. The van der Waals surface area contributed by atoms with E-state index in [4.69, 9.17) is 4.74 Å². The zero-order chi connectivity index (χ0) is 15.2. The molecule has 0 aromatic heterocycles. The SMILES string of the molecule is COC(=O)CC1CC(NC2CCCCC2)CN(C(C)C)C1. The van der Waals surface area contributed by atoms with E-state index in [0.29, 0.717) is 30.5 Å². The zero-order valence-corrected chi connectivity index (χ0v) is 13.9. The predicted molar refractivity (Wildman–Crippen MR) is 85.2 cm³/mol. The van der Waals surface area contributed by atoms with Crippen molar-refractivity contribution in [2.45, 2.75) is 76.9 Å². The van der Waals surface area contributed by atoms with Crippen molar-refractivity contribution in [3.63, 3.8) is 0 Å². The molecule has 1 saturated carbocycles. The van der Waals surface area contributed by atoms with Crippen LogP contribution < -0.4 is 5.32 Å². The second kappa shape index (κ2) is 8.14. The van der Waals surface area contributed by atoms with Gasteiger partial charge in [-0.3, -0.25) is 9.69 Å². The highest BCUT2D eigenvalue weighted by Gasteiger charge is 2.31. The molecule has 2 rings (SSSR count). The van der Waals surface area contributed by atoms with E-state index in [1.165, 1.54) is 39.2 Å². The lowest BCUT2D eigenvalue weighted by atomic mass is 9.88. The van der Waals surface area contributed by atoms with Crippen LogP contribution in [-0.2, 0) is 9.53 Å². The van der Waals surface area contributed by atoms with Crippen LogP contribution in [0.3, 0.4) is 0 Å². The molecule has 0 spiro atoms. The van der Waals surface area contributed by atoms with E-state index in [1.807, 2.05) is 0 Å². The van der Waals surface area contributed by atoms with Gasteiger partial charge in [-0.25, -0.2) is 0 Å². The van der Waals surface area contributed by atoms with Crippen LogP contribution in [0.4, 0.5) is 0 Å². The Hall–Kier alpha value is -0.610. The van der Waals surface area contributed by atoms with E-state index < -0.39 is 0 Å². The first kappa shape index (κ1) is 16.8. The van der Waals surface area contributed by atoms with Gasteiger partial charge in [0.15, 0.2) is 0 Å². The Labute approximate surface area is 129 Å². The number of likely N-dealkylation sites (tertiary alicyclic amines) is 1. The Morgan fingerprint density at radius 3 is 2.52 bits per heavy atom. The first-order chi connectivity index (χ1) is 10.1. The summed E-state index contributed by atoms with van der Waals surface area (Å²) in [5.41, 5.74) is 0. The highest BCUT2D eigenvalue weighted by atomic mass is 16.5. The van der Waals surface area contributed by atoms with Crippen LogP contribution in [0, 0.1) is 5.92 Å². The first-order valence-corrected chi connectivity index (χ1v) is 8.65. The second-order valence-corrected chi connectivity index (χ2v) is 7.13. The molecule has 1 heterocycles. The molecule has 2 aliphatic rings. The molecular formula is C17H32N2O2. The number of ether oxygens (including phenoxy) is 1. The van der Waals surface area contributed by atoms with Crippen LogP contribution in [0.2, 0.25) is 0 Å². The van der Waals surface area contributed by atoms with E-state index in [9.17, 15) is 4.79 Å². The van der Waals surface area contributed by atoms with Crippen LogP contribution in [0.15, 0.2) is 0 Å². The van der Waals surface area contributed by atoms with Crippen LogP contribution in [-0.4, -0.2) is 49.2 Å². The molecular weight excluding hydrogens is 264 g/mol. The number of esters is 1. The fraction of sp³-hybridized carbons (Fsp3) is 0.941. The van der Waals surface area contributed by atoms with Gasteiger partial charge in [0.25, 0.3) is 0 Å². The molecule has 0 aromatic carbocycles. The zero-order valence-electron chi connectivity index (χ0n) is 13.9. The molecule has 0 aromatic rings. The topological polar surface area (TPSA) is 41.6 Å². The van der Waals surface area contributed by atoms with Gasteiger partial charge in [0.05, 0.1) is 7.11 Å². The number of nitrogens with one attached hydrogen (secondary N) is 1. The Balaban J connectivity index is 1.90. The van der Waals surface area contributed by atoms with Crippen molar-refractivity contribution >= 4 is 5.97 Å². The second-order valence-electron chi connectivity index (χ2n) is 7.13. The molecule has 2 unspecified atom stereocenters. The number of piperidine rings is 1. The fourth-order valence-electron chi connectivity index (χ4n) is 3.85. The summed E-state index contributed by atoms with van der Waals surface area (Å²) < 4.78 is 4.86. The van der Waals surface area contributed by atoms with E-state index in [-0.39, 0.29) is 5.97 Å². The summed E-state index contributed by atoms with van der Waals surface area (Å²) in [5, 5.41) is 3.87. The number of methoxy groups -OCH3 is 1. The van der Waals surface area contributed by atoms with Gasteiger partial charge in [0.2, 0.25) is 0 Å². The summed E-state index contributed by atoms with van der Waals surface area (Å²) in [7, 11) is 1.49. The molecule has 2 atom stereocenters. The minimum atomic E-state index is -0.0676. The molecule has 1 aliphatic heterocycles. The van der Waals surface area contributed by atoms with Gasteiger partial charge in [-0.2, -0.15) is 0 Å². The summed E-state index contributed by atoms with van der Waals surface area (Å²) in [4.78, 5) is 14.1. The van der Waals surface area contributed by atoms with Crippen LogP contribution in [0.5, 0.6) is 0 Å². The monoisotopic (exact) mass is 296 g/mol. The maximum absolute atomic E-state index is 11.6. The van der Waals surface area contributed by atoms with Gasteiger partial charge in [0.1, 0.15) is 0 Å². The smallest absolute Gasteiger partial charge is 0.305 e. The fourth-order valence-corrected chi connectivity index (χ4v) is 3.85. The third kappa shape index (κ3) is 5.26. The largest absolute Gasteiger partial charge is 0.469 e. The van der Waals surface area contributed by atoms with Crippen molar-refractivity contribution in [1.82, 2.24) is 10.2 Å². The minimum absolute atomic E-state index is 0.0676. The molecule has 4 heteroatoms. The lowest BCUT2D eigenvalue weighted by Crippen LogP contribution is -2.54. The Kier molecular flexibility index (Phi) is 6.49. The lowest BCUT2D eigenvalue weighted by molar-refractivity contribution is -0.142. The molecule has 2 fully saturated rings. The summed E-state index contributed by atoms with van der Waals surface area (Å²) in [6.07, 6.45) is 8.43. The average Bonchev–Trinajstić information content (AvgIpc) is 2.47. The molecule has 0 bridgehead atoms.